The Hall–Kier alpha value is -0.860. The molecule has 0 bridgehead atoms. The van der Waals surface area contributed by atoms with Crippen LogP contribution >= 0.6 is 0 Å². The van der Waals surface area contributed by atoms with Crippen molar-refractivity contribution in [2.75, 3.05) is 13.1 Å². The van der Waals surface area contributed by atoms with E-state index >= 15 is 0 Å². The van der Waals surface area contributed by atoms with Crippen molar-refractivity contribution in [1.29, 1.82) is 0 Å². The standard InChI is InChI=1S/C15H23NO/c1-3-15(17,14-9-5-4-6-10-14)13(2)16-11-7-8-12-16/h4-6,9-10,13,17H,3,7-8,11-12H2,1-2H3/t13-,15-/m1/s1. The molecule has 1 aromatic carbocycles. The quantitative estimate of drug-likeness (QED) is 0.864. The lowest BCUT2D eigenvalue weighted by Crippen LogP contribution is -2.47. The van der Waals surface area contributed by atoms with Crippen LogP contribution in [0.2, 0.25) is 0 Å². The van der Waals surface area contributed by atoms with E-state index in [-0.39, 0.29) is 6.04 Å². The zero-order chi connectivity index (χ0) is 12.3. The summed E-state index contributed by atoms with van der Waals surface area (Å²) in [4.78, 5) is 2.41. The first-order valence-electron chi connectivity index (χ1n) is 6.70. The van der Waals surface area contributed by atoms with Crippen LogP contribution in [0, 0.1) is 0 Å². The molecular weight excluding hydrogens is 210 g/mol. The second kappa shape index (κ2) is 5.19. The topological polar surface area (TPSA) is 23.5 Å². The van der Waals surface area contributed by atoms with E-state index < -0.39 is 5.60 Å². The highest BCUT2D eigenvalue weighted by atomic mass is 16.3. The normalized spacial score (nSPS) is 22.3. The Morgan fingerprint density at radius 2 is 1.82 bits per heavy atom. The molecule has 0 saturated carbocycles. The van der Waals surface area contributed by atoms with E-state index in [0.29, 0.717) is 0 Å². The van der Waals surface area contributed by atoms with Gasteiger partial charge in [-0.2, -0.15) is 0 Å². The van der Waals surface area contributed by atoms with E-state index in [1.165, 1.54) is 12.8 Å². The van der Waals surface area contributed by atoms with Gasteiger partial charge in [0.05, 0.1) is 0 Å². The van der Waals surface area contributed by atoms with Gasteiger partial charge in [0.2, 0.25) is 0 Å². The molecule has 0 radical (unpaired) electrons. The third kappa shape index (κ3) is 2.38. The highest BCUT2D eigenvalue weighted by Crippen LogP contribution is 2.33. The molecule has 2 nitrogen and oxygen atoms in total. The average molecular weight is 233 g/mol. The van der Waals surface area contributed by atoms with Crippen LogP contribution in [0.4, 0.5) is 0 Å². The Morgan fingerprint density at radius 3 is 2.35 bits per heavy atom. The van der Waals surface area contributed by atoms with Crippen molar-refractivity contribution in [2.24, 2.45) is 0 Å². The minimum atomic E-state index is -0.717. The van der Waals surface area contributed by atoms with Crippen LogP contribution in [0.25, 0.3) is 0 Å². The molecular formula is C15H23NO. The molecule has 1 aromatic rings. The minimum absolute atomic E-state index is 0.192. The highest BCUT2D eigenvalue weighted by Gasteiger charge is 2.37. The zero-order valence-electron chi connectivity index (χ0n) is 10.9. The van der Waals surface area contributed by atoms with Crippen molar-refractivity contribution in [3.8, 4) is 0 Å². The summed E-state index contributed by atoms with van der Waals surface area (Å²) >= 11 is 0. The summed E-state index contributed by atoms with van der Waals surface area (Å²) in [7, 11) is 0. The maximum Gasteiger partial charge on any atom is 0.105 e. The average Bonchev–Trinajstić information content (AvgIpc) is 2.92. The van der Waals surface area contributed by atoms with Crippen LogP contribution < -0.4 is 0 Å². The van der Waals surface area contributed by atoms with Gasteiger partial charge >= 0.3 is 0 Å². The predicted octanol–water partition coefficient (Wildman–Crippen LogP) is 2.77. The second-order valence-electron chi connectivity index (χ2n) is 5.06. The van der Waals surface area contributed by atoms with Crippen molar-refractivity contribution in [3.63, 3.8) is 0 Å². The molecule has 0 spiro atoms. The largest absolute Gasteiger partial charge is 0.384 e. The van der Waals surface area contributed by atoms with E-state index in [2.05, 4.69) is 18.7 Å². The van der Waals surface area contributed by atoms with Gasteiger partial charge in [-0.3, -0.25) is 4.90 Å². The molecule has 0 unspecified atom stereocenters. The van der Waals surface area contributed by atoms with Gasteiger partial charge in [0.1, 0.15) is 5.60 Å². The first kappa shape index (κ1) is 12.6. The Morgan fingerprint density at radius 1 is 1.24 bits per heavy atom. The van der Waals surface area contributed by atoms with Crippen LogP contribution in [0.5, 0.6) is 0 Å². The number of hydrogen-bond acceptors (Lipinski definition) is 2. The van der Waals surface area contributed by atoms with Crippen LogP contribution in [0.15, 0.2) is 30.3 Å². The summed E-state index contributed by atoms with van der Waals surface area (Å²) in [5, 5.41) is 11.0. The number of hydrogen-bond donors (Lipinski definition) is 1. The monoisotopic (exact) mass is 233 g/mol. The number of aliphatic hydroxyl groups is 1. The van der Waals surface area contributed by atoms with Crippen LogP contribution in [-0.2, 0) is 5.60 Å². The summed E-state index contributed by atoms with van der Waals surface area (Å²) in [6, 6.07) is 10.3. The number of nitrogens with zero attached hydrogens (tertiary/aromatic N) is 1. The third-order valence-corrected chi connectivity index (χ3v) is 4.19. The van der Waals surface area contributed by atoms with Gasteiger partial charge in [-0.1, -0.05) is 37.3 Å². The van der Waals surface area contributed by atoms with E-state index in [1.807, 2.05) is 30.3 Å². The number of likely N-dealkylation sites (tertiary alicyclic amines) is 1. The van der Waals surface area contributed by atoms with Crippen LogP contribution in [0.1, 0.15) is 38.7 Å². The molecule has 1 aliphatic rings. The van der Waals surface area contributed by atoms with Gasteiger partial charge in [0.15, 0.2) is 0 Å². The molecule has 2 atom stereocenters. The number of rotatable bonds is 4. The van der Waals surface area contributed by atoms with Crippen molar-refractivity contribution >= 4 is 0 Å². The van der Waals surface area contributed by atoms with E-state index in [0.717, 1.165) is 25.1 Å². The summed E-state index contributed by atoms with van der Waals surface area (Å²) in [6.07, 6.45) is 3.28. The van der Waals surface area contributed by atoms with Gasteiger partial charge in [0, 0.05) is 6.04 Å². The smallest absolute Gasteiger partial charge is 0.105 e. The summed E-state index contributed by atoms with van der Waals surface area (Å²) in [5.41, 5.74) is 0.327. The Balaban J connectivity index is 2.24. The molecule has 2 heteroatoms. The maximum atomic E-state index is 11.0. The molecule has 0 amide bonds. The predicted molar refractivity (Wildman–Crippen MR) is 70.9 cm³/mol. The van der Waals surface area contributed by atoms with Gasteiger partial charge < -0.3 is 5.11 Å². The molecule has 1 fully saturated rings. The van der Waals surface area contributed by atoms with Crippen molar-refractivity contribution in [1.82, 2.24) is 4.90 Å². The Labute approximate surface area is 104 Å². The van der Waals surface area contributed by atoms with Crippen LogP contribution in [-0.4, -0.2) is 29.1 Å². The van der Waals surface area contributed by atoms with E-state index in [4.69, 9.17) is 0 Å². The molecule has 94 valence electrons. The highest BCUT2D eigenvalue weighted by molar-refractivity contribution is 5.24. The fraction of sp³-hybridized carbons (Fsp3) is 0.600. The summed E-state index contributed by atoms with van der Waals surface area (Å²) in [5.74, 6) is 0. The molecule has 2 rings (SSSR count). The molecule has 0 aromatic heterocycles. The van der Waals surface area contributed by atoms with Gasteiger partial charge in [-0.05, 0) is 44.8 Å². The van der Waals surface area contributed by atoms with Gasteiger partial charge in [0.25, 0.3) is 0 Å². The van der Waals surface area contributed by atoms with E-state index in [9.17, 15) is 5.11 Å². The van der Waals surface area contributed by atoms with Crippen LogP contribution in [0.3, 0.4) is 0 Å². The zero-order valence-corrected chi connectivity index (χ0v) is 10.9. The van der Waals surface area contributed by atoms with Crippen molar-refractivity contribution in [2.45, 2.75) is 44.8 Å². The summed E-state index contributed by atoms with van der Waals surface area (Å²) in [6.45, 7) is 6.47. The minimum Gasteiger partial charge on any atom is -0.384 e. The fourth-order valence-corrected chi connectivity index (χ4v) is 2.90. The Kier molecular flexibility index (Phi) is 3.85. The maximum absolute atomic E-state index is 11.0. The van der Waals surface area contributed by atoms with Gasteiger partial charge in [-0.15, -0.1) is 0 Å². The second-order valence-corrected chi connectivity index (χ2v) is 5.06. The lowest BCUT2D eigenvalue weighted by Gasteiger charge is -2.39. The SMILES string of the molecule is CC[C@](O)(c1ccccc1)[C@@H](C)N1CCCC1. The Bertz CT molecular complexity index is 345. The first-order valence-corrected chi connectivity index (χ1v) is 6.70. The molecule has 1 N–H and O–H groups in total. The van der Waals surface area contributed by atoms with E-state index in [1.54, 1.807) is 0 Å². The summed E-state index contributed by atoms with van der Waals surface area (Å²) < 4.78 is 0. The third-order valence-electron chi connectivity index (χ3n) is 4.19. The lowest BCUT2D eigenvalue weighted by molar-refractivity contribution is -0.0427. The molecule has 0 aliphatic carbocycles. The number of benzene rings is 1. The molecule has 17 heavy (non-hydrogen) atoms. The van der Waals surface area contributed by atoms with Crippen molar-refractivity contribution < 1.29 is 5.11 Å². The molecule has 1 saturated heterocycles. The van der Waals surface area contributed by atoms with Crippen molar-refractivity contribution in [3.05, 3.63) is 35.9 Å². The molecule has 1 heterocycles. The van der Waals surface area contributed by atoms with Gasteiger partial charge in [-0.25, -0.2) is 0 Å². The first-order chi connectivity index (χ1) is 8.18. The molecule has 1 aliphatic heterocycles. The fourth-order valence-electron chi connectivity index (χ4n) is 2.90. The lowest BCUT2D eigenvalue weighted by atomic mass is 9.84.